The summed E-state index contributed by atoms with van der Waals surface area (Å²) in [7, 11) is 3.88. The van der Waals surface area contributed by atoms with Crippen LogP contribution in [0.1, 0.15) is 12.8 Å². The maximum absolute atomic E-state index is 12.8. The van der Waals surface area contributed by atoms with Crippen molar-refractivity contribution in [3.63, 3.8) is 0 Å². The number of nitrogens with zero attached hydrogens (tertiary/aromatic N) is 1. The number of hydrogen-bond acceptors (Lipinski definition) is 4. The van der Waals surface area contributed by atoms with Crippen molar-refractivity contribution in [2.24, 2.45) is 5.41 Å². The fourth-order valence-electron chi connectivity index (χ4n) is 2.76. The average molecular weight is 367 g/mol. The van der Waals surface area contributed by atoms with Crippen LogP contribution in [0.25, 0.3) is 0 Å². The first-order chi connectivity index (χ1) is 13.0. The third-order valence-corrected chi connectivity index (χ3v) is 4.57. The maximum Gasteiger partial charge on any atom is 0.240 e. The summed E-state index contributed by atoms with van der Waals surface area (Å²) in [6.07, 6.45) is 1.13. The van der Waals surface area contributed by atoms with Crippen molar-refractivity contribution >= 4 is 17.5 Å². The minimum atomic E-state index is -0.966. The van der Waals surface area contributed by atoms with Gasteiger partial charge in [0, 0.05) is 13.1 Å². The first-order valence-corrected chi connectivity index (χ1v) is 9.08. The fourth-order valence-corrected chi connectivity index (χ4v) is 2.76. The molecule has 0 unspecified atom stereocenters. The molecule has 1 saturated carbocycles. The molecule has 6 heteroatoms. The molecule has 0 radical (unpaired) electrons. The molecule has 2 aromatic rings. The lowest BCUT2D eigenvalue weighted by Crippen LogP contribution is -2.42. The first kappa shape index (κ1) is 18.9. The Hall–Kier alpha value is -2.86. The Morgan fingerprint density at radius 3 is 2.33 bits per heavy atom. The lowest BCUT2D eigenvalue weighted by molar-refractivity contribution is -0.134. The number of nitrogens with one attached hydrogen (secondary N) is 2. The second-order valence-electron chi connectivity index (χ2n) is 7.01. The molecule has 2 amide bonds. The SMILES string of the molecule is CN(C)CCNC(=O)C1(C(=O)Nc2ccccc2Oc2ccccc2)CC1. The van der Waals surface area contributed by atoms with E-state index >= 15 is 0 Å². The largest absolute Gasteiger partial charge is 0.455 e. The summed E-state index contributed by atoms with van der Waals surface area (Å²) < 4.78 is 5.87. The molecule has 2 N–H and O–H groups in total. The van der Waals surface area contributed by atoms with Crippen LogP contribution in [-0.4, -0.2) is 43.9 Å². The van der Waals surface area contributed by atoms with Gasteiger partial charge in [0.2, 0.25) is 11.8 Å². The number of likely N-dealkylation sites (N-methyl/N-ethyl adjacent to an activating group) is 1. The van der Waals surface area contributed by atoms with Gasteiger partial charge in [-0.15, -0.1) is 0 Å². The van der Waals surface area contributed by atoms with Crippen LogP contribution in [0.2, 0.25) is 0 Å². The van der Waals surface area contributed by atoms with Crippen LogP contribution < -0.4 is 15.4 Å². The number of rotatable bonds is 8. The van der Waals surface area contributed by atoms with E-state index in [1.165, 1.54) is 0 Å². The number of benzene rings is 2. The van der Waals surface area contributed by atoms with Gasteiger partial charge in [-0.1, -0.05) is 30.3 Å². The number of hydrogen-bond donors (Lipinski definition) is 2. The molecular weight excluding hydrogens is 342 g/mol. The van der Waals surface area contributed by atoms with Crippen LogP contribution >= 0.6 is 0 Å². The maximum atomic E-state index is 12.8. The van der Waals surface area contributed by atoms with Gasteiger partial charge in [-0.3, -0.25) is 9.59 Å². The number of carbonyl (C=O) groups is 2. The monoisotopic (exact) mass is 367 g/mol. The van der Waals surface area contributed by atoms with Gasteiger partial charge < -0.3 is 20.3 Å². The number of anilines is 1. The van der Waals surface area contributed by atoms with Crippen molar-refractivity contribution in [1.82, 2.24) is 10.2 Å². The van der Waals surface area contributed by atoms with E-state index in [0.717, 1.165) is 6.54 Å². The number of carbonyl (C=O) groups excluding carboxylic acids is 2. The molecule has 0 atom stereocenters. The van der Waals surface area contributed by atoms with Crippen molar-refractivity contribution in [3.05, 3.63) is 54.6 Å². The standard InChI is InChI=1S/C21H25N3O3/c1-24(2)15-14-22-19(25)21(12-13-21)20(26)23-17-10-6-7-11-18(17)27-16-8-4-3-5-9-16/h3-11H,12-15H2,1-2H3,(H,22,25)(H,23,26). The Morgan fingerprint density at radius 2 is 1.67 bits per heavy atom. The summed E-state index contributed by atoms with van der Waals surface area (Å²) in [4.78, 5) is 27.3. The van der Waals surface area contributed by atoms with Crippen LogP contribution in [0.4, 0.5) is 5.69 Å². The second kappa shape index (κ2) is 8.22. The molecule has 0 aliphatic heterocycles. The van der Waals surface area contributed by atoms with Gasteiger partial charge in [0.1, 0.15) is 11.2 Å². The smallest absolute Gasteiger partial charge is 0.240 e. The average Bonchev–Trinajstić information content (AvgIpc) is 3.46. The zero-order valence-corrected chi connectivity index (χ0v) is 15.7. The lowest BCUT2D eigenvalue weighted by atomic mass is 10.0. The molecule has 6 nitrogen and oxygen atoms in total. The van der Waals surface area contributed by atoms with E-state index in [1.54, 1.807) is 12.1 Å². The zero-order chi connectivity index (χ0) is 19.3. The molecule has 0 bridgehead atoms. The molecule has 1 fully saturated rings. The summed E-state index contributed by atoms with van der Waals surface area (Å²) >= 11 is 0. The van der Waals surface area contributed by atoms with Crippen LogP contribution in [0.5, 0.6) is 11.5 Å². The molecule has 142 valence electrons. The summed E-state index contributed by atoms with van der Waals surface area (Å²) in [5, 5.41) is 5.74. The van der Waals surface area contributed by atoms with Gasteiger partial charge in [0.25, 0.3) is 0 Å². The van der Waals surface area contributed by atoms with Gasteiger partial charge >= 0.3 is 0 Å². The molecule has 3 rings (SSSR count). The summed E-state index contributed by atoms with van der Waals surface area (Å²) in [6, 6.07) is 16.6. The van der Waals surface area contributed by atoms with Gasteiger partial charge in [-0.05, 0) is 51.2 Å². The van der Waals surface area contributed by atoms with E-state index in [-0.39, 0.29) is 11.8 Å². The van der Waals surface area contributed by atoms with Crippen molar-refractivity contribution in [2.45, 2.75) is 12.8 Å². The van der Waals surface area contributed by atoms with Gasteiger partial charge in [-0.2, -0.15) is 0 Å². The highest BCUT2D eigenvalue weighted by atomic mass is 16.5. The summed E-state index contributed by atoms with van der Waals surface area (Å²) in [6.45, 7) is 1.26. The van der Waals surface area contributed by atoms with E-state index in [2.05, 4.69) is 10.6 Å². The second-order valence-corrected chi connectivity index (χ2v) is 7.01. The van der Waals surface area contributed by atoms with E-state index in [0.29, 0.717) is 36.6 Å². The molecule has 27 heavy (non-hydrogen) atoms. The molecule has 0 aromatic heterocycles. The van der Waals surface area contributed by atoms with Gasteiger partial charge in [-0.25, -0.2) is 0 Å². The van der Waals surface area contributed by atoms with E-state index in [1.807, 2.05) is 61.5 Å². The van der Waals surface area contributed by atoms with Crippen molar-refractivity contribution in [1.29, 1.82) is 0 Å². The molecule has 1 aliphatic carbocycles. The normalized spacial score (nSPS) is 14.5. The molecular formula is C21H25N3O3. The quantitative estimate of drug-likeness (QED) is 0.704. The van der Waals surface area contributed by atoms with Crippen LogP contribution in [0.15, 0.2) is 54.6 Å². The molecule has 0 spiro atoms. The molecule has 0 saturated heterocycles. The van der Waals surface area contributed by atoms with Crippen LogP contribution in [0.3, 0.4) is 0 Å². The van der Waals surface area contributed by atoms with Crippen molar-refractivity contribution in [3.8, 4) is 11.5 Å². The molecule has 1 aliphatic rings. The summed E-state index contributed by atoms with van der Waals surface area (Å²) in [5.41, 5.74) is -0.412. The highest BCUT2D eigenvalue weighted by Gasteiger charge is 2.56. The van der Waals surface area contributed by atoms with Crippen LogP contribution in [0, 0.1) is 5.41 Å². The molecule has 0 heterocycles. The highest BCUT2D eigenvalue weighted by molar-refractivity contribution is 6.13. The van der Waals surface area contributed by atoms with Crippen molar-refractivity contribution in [2.75, 3.05) is 32.5 Å². The number of para-hydroxylation sites is 3. The molecule has 2 aromatic carbocycles. The Balaban J connectivity index is 1.66. The number of amides is 2. The minimum absolute atomic E-state index is 0.205. The topological polar surface area (TPSA) is 70.7 Å². The zero-order valence-electron chi connectivity index (χ0n) is 15.7. The Morgan fingerprint density at radius 1 is 1.00 bits per heavy atom. The minimum Gasteiger partial charge on any atom is -0.455 e. The Kier molecular flexibility index (Phi) is 5.76. The predicted molar refractivity (Wildman–Crippen MR) is 105 cm³/mol. The predicted octanol–water partition coefficient (Wildman–Crippen LogP) is 2.88. The Labute approximate surface area is 159 Å². The lowest BCUT2D eigenvalue weighted by Gasteiger charge is -2.18. The highest BCUT2D eigenvalue weighted by Crippen LogP contribution is 2.47. The van der Waals surface area contributed by atoms with E-state index in [4.69, 9.17) is 4.74 Å². The van der Waals surface area contributed by atoms with Crippen molar-refractivity contribution < 1.29 is 14.3 Å². The fraction of sp³-hybridized carbons (Fsp3) is 0.333. The summed E-state index contributed by atoms with van der Waals surface area (Å²) in [5.74, 6) is 0.736. The number of ether oxygens (including phenoxy) is 1. The van der Waals surface area contributed by atoms with Gasteiger partial charge in [0.15, 0.2) is 5.75 Å². The first-order valence-electron chi connectivity index (χ1n) is 9.08. The van der Waals surface area contributed by atoms with E-state index in [9.17, 15) is 9.59 Å². The van der Waals surface area contributed by atoms with Gasteiger partial charge in [0.05, 0.1) is 5.69 Å². The van der Waals surface area contributed by atoms with E-state index < -0.39 is 5.41 Å². The third-order valence-electron chi connectivity index (χ3n) is 4.57. The van der Waals surface area contributed by atoms with Crippen LogP contribution in [-0.2, 0) is 9.59 Å². The third kappa shape index (κ3) is 4.65. The Bertz CT molecular complexity index is 801.